The van der Waals surface area contributed by atoms with E-state index in [1.807, 2.05) is 0 Å². The average Bonchev–Trinajstić information content (AvgIpc) is 2.72. The molecule has 0 unspecified atom stereocenters. The van der Waals surface area contributed by atoms with E-state index in [1.54, 1.807) is 6.92 Å². The Balaban J connectivity index is 2.20. The summed E-state index contributed by atoms with van der Waals surface area (Å²) in [5.41, 5.74) is 0.370. The zero-order valence-corrected chi connectivity index (χ0v) is 11.2. The summed E-state index contributed by atoms with van der Waals surface area (Å²) >= 11 is 2.85. The smallest absolute Gasteiger partial charge is 0.364 e. The summed E-state index contributed by atoms with van der Waals surface area (Å²) in [5.74, 6) is 0.0460. The number of halogens is 4. The summed E-state index contributed by atoms with van der Waals surface area (Å²) in [5, 5.41) is 6.46. The molecule has 19 heavy (non-hydrogen) atoms. The third-order valence-electron chi connectivity index (χ3n) is 2.33. The lowest BCUT2D eigenvalue weighted by atomic mass is 10.3. The Hall–Kier alpha value is -1.64. The quantitative estimate of drug-likeness (QED) is 0.932. The highest BCUT2D eigenvalue weighted by Gasteiger charge is 2.36. The predicted molar refractivity (Wildman–Crippen MR) is 63.3 cm³/mol. The molecule has 2 aromatic rings. The molecule has 0 amide bonds. The molecule has 2 aromatic heterocycles. The lowest BCUT2D eigenvalue weighted by Crippen LogP contribution is -2.12. The van der Waals surface area contributed by atoms with E-state index in [-0.39, 0.29) is 16.8 Å². The van der Waals surface area contributed by atoms with Gasteiger partial charge in [-0.3, -0.25) is 0 Å². The Labute approximate surface area is 114 Å². The van der Waals surface area contributed by atoms with Crippen LogP contribution in [-0.4, -0.2) is 15.1 Å². The van der Waals surface area contributed by atoms with Crippen LogP contribution in [0.1, 0.15) is 17.0 Å². The largest absolute Gasteiger partial charge is 0.434 e. The number of hydrogen-bond donors (Lipinski definition) is 1. The fourth-order valence-corrected chi connectivity index (χ4v) is 1.91. The summed E-state index contributed by atoms with van der Waals surface area (Å²) in [6, 6.07) is 0. The number of hydrogen-bond acceptors (Lipinski definition) is 5. The van der Waals surface area contributed by atoms with Crippen LogP contribution < -0.4 is 5.32 Å². The van der Waals surface area contributed by atoms with Crippen molar-refractivity contribution >= 4 is 21.7 Å². The molecule has 0 aromatic carbocycles. The van der Waals surface area contributed by atoms with E-state index in [1.165, 1.54) is 6.26 Å². The van der Waals surface area contributed by atoms with Crippen molar-refractivity contribution in [2.75, 3.05) is 5.32 Å². The Morgan fingerprint density at radius 1 is 1.37 bits per heavy atom. The standard InChI is InChI=1S/C10H8BrF3N4O/c1-5-3-19-18-6(5)2-15-9-7(11)8(10(12,13)14)16-4-17-9/h3-4H,2H2,1H3,(H,15,16,17). The number of nitrogens with zero attached hydrogens (tertiary/aromatic N) is 3. The Bertz CT molecular complexity index is 584. The molecule has 0 atom stereocenters. The maximum atomic E-state index is 12.6. The fourth-order valence-electron chi connectivity index (χ4n) is 1.34. The lowest BCUT2D eigenvalue weighted by molar-refractivity contribution is -0.141. The van der Waals surface area contributed by atoms with Crippen molar-refractivity contribution < 1.29 is 17.7 Å². The van der Waals surface area contributed by atoms with Crippen molar-refractivity contribution in [2.45, 2.75) is 19.6 Å². The molecule has 0 bridgehead atoms. The second kappa shape index (κ2) is 5.16. The zero-order valence-electron chi connectivity index (χ0n) is 9.62. The normalized spacial score (nSPS) is 11.6. The number of aromatic nitrogens is 3. The van der Waals surface area contributed by atoms with E-state index in [4.69, 9.17) is 4.52 Å². The first-order valence-corrected chi connectivity index (χ1v) is 5.90. The molecule has 9 heteroatoms. The summed E-state index contributed by atoms with van der Waals surface area (Å²) in [4.78, 5) is 6.97. The van der Waals surface area contributed by atoms with Crippen LogP contribution >= 0.6 is 15.9 Å². The molecule has 0 saturated carbocycles. The molecule has 2 heterocycles. The molecule has 1 N–H and O–H groups in total. The molecule has 0 radical (unpaired) electrons. The van der Waals surface area contributed by atoms with Crippen LogP contribution in [0.4, 0.5) is 19.0 Å². The topological polar surface area (TPSA) is 63.8 Å². The van der Waals surface area contributed by atoms with Gasteiger partial charge in [0.25, 0.3) is 0 Å². The van der Waals surface area contributed by atoms with Crippen molar-refractivity contribution in [3.05, 3.63) is 34.0 Å². The van der Waals surface area contributed by atoms with E-state index >= 15 is 0 Å². The first kappa shape index (κ1) is 13.8. The molecular weight excluding hydrogens is 329 g/mol. The maximum Gasteiger partial charge on any atom is 0.434 e. The highest BCUT2D eigenvalue weighted by molar-refractivity contribution is 9.10. The molecule has 0 aliphatic carbocycles. The van der Waals surface area contributed by atoms with Crippen LogP contribution in [0.15, 0.2) is 21.6 Å². The Morgan fingerprint density at radius 3 is 2.68 bits per heavy atom. The van der Waals surface area contributed by atoms with Crippen molar-refractivity contribution in [1.82, 2.24) is 15.1 Å². The molecule has 2 rings (SSSR count). The van der Waals surface area contributed by atoms with Gasteiger partial charge in [-0.15, -0.1) is 0 Å². The first-order valence-electron chi connectivity index (χ1n) is 5.11. The SMILES string of the molecule is Cc1conc1CNc1ncnc(C(F)(F)F)c1Br. The molecule has 0 aliphatic rings. The van der Waals surface area contributed by atoms with Crippen molar-refractivity contribution in [3.8, 4) is 0 Å². The van der Waals surface area contributed by atoms with Gasteiger partial charge in [-0.2, -0.15) is 13.2 Å². The summed E-state index contributed by atoms with van der Waals surface area (Å²) in [6.07, 6.45) is -2.24. The first-order chi connectivity index (χ1) is 8.89. The minimum absolute atomic E-state index is 0.0460. The maximum absolute atomic E-state index is 12.6. The minimum Gasteiger partial charge on any atom is -0.364 e. The van der Waals surface area contributed by atoms with E-state index in [0.29, 0.717) is 5.69 Å². The van der Waals surface area contributed by atoms with Crippen LogP contribution in [0.25, 0.3) is 0 Å². The van der Waals surface area contributed by atoms with Gasteiger partial charge in [0.2, 0.25) is 0 Å². The molecule has 0 aliphatic heterocycles. The van der Waals surface area contributed by atoms with Gasteiger partial charge in [-0.25, -0.2) is 9.97 Å². The number of nitrogens with one attached hydrogen (secondary N) is 1. The van der Waals surface area contributed by atoms with Gasteiger partial charge in [-0.1, -0.05) is 5.16 Å². The van der Waals surface area contributed by atoms with Gasteiger partial charge in [-0.05, 0) is 22.9 Å². The van der Waals surface area contributed by atoms with Crippen LogP contribution in [0, 0.1) is 6.92 Å². The van der Waals surface area contributed by atoms with Crippen molar-refractivity contribution in [1.29, 1.82) is 0 Å². The minimum atomic E-state index is -4.54. The summed E-state index contributed by atoms with van der Waals surface area (Å²) < 4.78 is 42.4. The fraction of sp³-hybridized carbons (Fsp3) is 0.300. The van der Waals surface area contributed by atoms with Crippen molar-refractivity contribution in [3.63, 3.8) is 0 Å². The molecule has 102 valence electrons. The highest BCUT2D eigenvalue weighted by Crippen LogP contribution is 2.35. The third kappa shape index (κ3) is 3.03. The van der Waals surface area contributed by atoms with Gasteiger partial charge in [0.1, 0.15) is 24.1 Å². The molecule has 0 fully saturated rings. The van der Waals surface area contributed by atoms with Crippen LogP contribution in [0.5, 0.6) is 0 Å². The molecule has 5 nitrogen and oxygen atoms in total. The second-order valence-corrected chi connectivity index (χ2v) is 4.47. The van der Waals surface area contributed by atoms with Gasteiger partial charge >= 0.3 is 6.18 Å². The highest BCUT2D eigenvalue weighted by atomic mass is 79.9. The number of alkyl halides is 3. The zero-order chi connectivity index (χ0) is 14.0. The average molecular weight is 337 g/mol. The number of rotatable bonds is 3. The Morgan fingerprint density at radius 2 is 2.11 bits per heavy atom. The molecule has 0 saturated heterocycles. The third-order valence-corrected chi connectivity index (χ3v) is 3.08. The monoisotopic (exact) mass is 336 g/mol. The van der Waals surface area contributed by atoms with Gasteiger partial charge < -0.3 is 9.84 Å². The number of anilines is 1. The van der Waals surface area contributed by atoms with E-state index in [2.05, 4.69) is 36.4 Å². The van der Waals surface area contributed by atoms with Gasteiger partial charge in [0.05, 0.1) is 11.0 Å². The number of aryl methyl sites for hydroxylation is 1. The van der Waals surface area contributed by atoms with Crippen LogP contribution in [0.2, 0.25) is 0 Å². The lowest BCUT2D eigenvalue weighted by Gasteiger charge is -2.11. The summed E-state index contributed by atoms with van der Waals surface area (Å²) in [6.45, 7) is 1.99. The molecular formula is C10H8BrF3N4O. The summed E-state index contributed by atoms with van der Waals surface area (Å²) in [7, 11) is 0. The van der Waals surface area contributed by atoms with Crippen molar-refractivity contribution in [2.24, 2.45) is 0 Å². The molecule has 0 spiro atoms. The van der Waals surface area contributed by atoms with E-state index in [9.17, 15) is 13.2 Å². The van der Waals surface area contributed by atoms with Crippen LogP contribution in [0.3, 0.4) is 0 Å². The van der Waals surface area contributed by atoms with Gasteiger partial charge in [0, 0.05) is 5.56 Å². The Kier molecular flexibility index (Phi) is 3.74. The van der Waals surface area contributed by atoms with E-state index in [0.717, 1.165) is 11.9 Å². The predicted octanol–water partition coefficient (Wildman–Crippen LogP) is 3.17. The van der Waals surface area contributed by atoms with E-state index < -0.39 is 11.9 Å². The second-order valence-electron chi connectivity index (χ2n) is 3.68. The van der Waals surface area contributed by atoms with Crippen LogP contribution in [-0.2, 0) is 12.7 Å². The van der Waals surface area contributed by atoms with Gasteiger partial charge in [0.15, 0.2) is 5.69 Å².